The van der Waals surface area contributed by atoms with E-state index in [-0.39, 0.29) is 208 Å². The van der Waals surface area contributed by atoms with Crippen LogP contribution in [0.1, 0.15) is 258 Å². The fourth-order valence-corrected chi connectivity index (χ4v) is 25.7. The quantitative estimate of drug-likeness (QED) is 0.0310. The fraction of sp³-hybridized carbons (Fsp3) is 0.781. The highest BCUT2D eigenvalue weighted by Crippen LogP contribution is 2.63. The highest BCUT2D eigenvalue weighted by Gasteiger charge is 2.69. The van der Waals surface area contributed by atoms with Crippen molar-refractivity contribution in [3.8, 4) is 0 Å². The molecule has 0 spiro atoms. The number of sulfonamides is 1. The van der Waals surface area contributed by atoms with Gasteiger partial charge in [-0.25, -0.2) is 8.42 Å². The molecule has 838 valence electrons. The number of methoxy groups -OCH3 is 5. The number of hydrogen-bond acceptors (Lipinski definition) is 27. The number of allylic oxidation sites excluding steroid dienone is 5. The van der Waals surface area contributed by atoms with E-state index in [9.17, 15) is 80.3 Å². The van der Waals surface area contributed by atoms with E-state index in [1.165, 1.54) is 0 Å². The molecule has 10 rings (SSSR count). The van der Waals surface area contributed by atoms with Crippen LogP contribution in [0.4, 0.5) is 0 Å². The number of hydrogen-bond donors (Lipinski definition) is 6. The van der Waals surface area contributed by atoms with Gasteiger partial charge in [-0.3, -0.25) is 76.6 Å². The van der Waals surface area contributed by atoms with Gasteiger partial charge in [-0.2, -0.15) is 0 Å². The van der Waals surface area contributed by atoms with Gasteiger partial charge < -0.3 is 74.8 Å². The van der Waals surface area contributed by atoms with Gasteiger partial charge in [0.05, 0.1) is 115 Å². The number of nitrogens with one attached hydrogen (secondary N) is 6. The Labute approximate surface area is 885 Å². The van der Waals surface area contributed by atoms with Crippen molar-refractivity contribution in [2.24, 2.45) is 112 Å². The molecule has 34 heteroatoms. The summed E-state index contributed by atoms with van der Waals surface area (Å²) in [6, 6.07) is -5.42. The van der Waals surface area contributed by atoms with Gasteiger partial charge in [-0.1, -0.05) is 183 Å². The van der Waals surface area contributed by atoms with Gasteiger partial charge in [0.15, 0.2) is 28.9 Å². The second kappa shape index (κ2) is 47.6. The topological polar surface area (TPSA) is 425 Å². The van der Waals surface area contributed by atoms with Crippen molar-refractivity contribution >= 4 is 97.5 Å². The zero-order valence-electron chi connectivity index (χ0n) is 97.3. The molecule has 5 saturated heterocycles. The van der Waals surface area contributed by atoms with Crippen molar-refractivity contribution in [1.29, 1.82) is 0 Å². The second-order valence-electron chi connectivity index (χ2n) is 51.4. The van der Waals surface area contributed by atoms with Gasteiger partial charge in [-0.05, 0) is 166 Å². The van der Waals surface area contributed by atoms with Crippen molar-refractivity contribution < 1.29 is 104 Å². The first-order valence-electron chi connectivity index (χ1n) is 52.7. The van der Waals surface area contributed by atoms with Crippen molar-refractivity contribution in [1.82, 2.24) is 55.8 Å². The Kier molecular flexibility index (Phi) is 41.4. The maximum atomic E-state index is 13.7. The molecule has 28 atom stereocenters. The molecule has 0 radical (unpaired) electrons. The largest absolute Gasteiger partial charge is 0.379 e. The van der Waals surface area contributed by atoms with Crippen LogP contribution < -0.4 is 31.3 Å². The average Bonchev–Trinajstić information content (AvgIpc) is 1.54. The lowest BCUT2D eigenvalue weighted by Crippen LogP contribution is -2.56. The summed E-state index contributed by atoms with van der Waals surface area (Å²) in [6.07, 6.45) is 12.3. The summed E-state index contributed by atoms with van der Waals surface area (Å²) in [5.74, 6) is -2.43. The zero-order valence-corrected chi connectivity index (χ0v) is 98.1. The molecule has 0 aromatic rings. The fourth-order valence-electron chi connectivity index (χ4n) is 25.2. The Morgan fingerprint density at radius 2 is 0.635 bits per heavy atom. The molecule has 10 fully saturated rings. The van der Waals surface area contributed by atoms with E-state index in [1.807, 2.05) is 171 Å². The Balaban J connectivity index is 0.000000283. The van der Waals surface area contributed by atoms with Crippen molar-refractivity contribution in [2.45, 2.75) is 348 Å². The standard InChI is InChI=1S/C24H40N2O4.C23H39N3O6S.C23H38N2O4.2C22H36N2O4/c1-11-16-12-24(16,15(2)27)13-17(28)19-22(6,7)23(8,30-10)14-26(19)20(29)18(25-9)21(3,4)5;1-10-15-11-23(15,20(29)25-33(9,30)31)12-16(27)17-14(2)22(6,32-8)13-26(17)19(28)18(24-7)21(3,4)5;1-10-15-11-23(15,14(2)26)12-16(27)19-22(6,7)17(29-9)13-25(19)20(28)18(24-8)21(3,4)5;2*1-9-15-10-22(15,14(3)25)11-16(26)18-13(2)17(28-8)12-24(18)20(27)19(23-7)21(4,5)6/h11,16,18-19,25H,1,12-14H2,2-10H3;10,14-15,17-18,24H,1,11-13H2,2-9H3,(H,25,29);10,15,17-19,24H,1,11-13H2,2-9H3;2*9,13,15,17-19,23H,1,10-12H2,2-8H3/t16-,18-,19-,23+,24+;14-,15-,17+,18-,22+,23-;15-,17+,18-,19-,23+;13-,15+,17-,18-,19+,22-;13-,15-,17+,18+,19-,22+/m11101/s1. The third-order valence-electron chi connectivity index (χ3n) is 35.8. The Morgan fingerprint density at radius 1 is 0.365 bits per heavy atom. The molecule has 5 heterocycles. The van der Waals surface area contributed by atoms with Crippen LogP contribution in [0, 0.1) is 112 Å². The minimum Gasteiger partial charge on any atom is -0.379 e. The second-order valence-corrected chi connectivity index (χ2v) is 53.2. The highest BCUT2D eigenvalue weighted by molar-refractivity contribution is 7.89. The molecular weight excluding hydrogens is 1910 g/mol. The molecular formula is C114H189N11O22S. The molecule has 5 aliphatic heterocycles. The summed E-state index contributed by atoms with van der Waals surface area (Å²) < 4.78 is 53.7. The lowest BCUT2D eigenvalue weighted by molar-refractivity contribution is -0.144. The third-order valence-corrected chi connectivity index (χ3v) is 36.4. The first-order valence-corrected chi connectivity index (χ1v) is 54.6. The van der Waals surface area contributed by atoms with Crippen LogP contribution in [0.5, 0.6) is 0 Å². The van der Waals surface area contributed by atoms with E-state index in [4.69, 9.17) is 23.7 Å². The molecule has 0 unspecified atom stereocenters. The van der Waals surface area contributed by atoms with Gasteiger partial charge in [-0.15, -0.1) is 32.9 Å². The summed E-state index contributed by atoms with van der Waals surface area (Å²) in [6.45, 7) is 74.2. The number of amides is 6. The number of Topliss-reactive ketones (excluding diaryl/α,β-unsaturated/α-hetero) is 9. The summed E-state index contributed by atoms with van der Waals surface area (Å²) in [7, 11) is 13.0. The highest BCUT2D eigenvalue weighted by atomic mass is 32.2. The van der Waals surface area contributed by atoms with Crippen LogP contribution in [0.3, 0.4) is 0 Å². The van der Waals surface area contributed by atoms with Crippen LogP contribution in [-0.2, 0) is 106 Å². The number of ketones is 9. The van der Waals surface area contributed by atoms with Gasteiger partial charge in [0.1, 0.15) is 23.1 Å². The van der Waals surface area contributed by atoms with E-state index in [0.29, 0.717) is 58.3 Å². The number of carbonyl (C=O) groups is 15. The number of carbonyl (C=O) groups excluding carboxylic acids is 15. The maximum Gasteiger partial charge on any atom is 0.240 e. The van der Waals surface area contributed by atoms with Crippen molar-refractivity contribution in [3.05, 3.63) is 63.3 Å². The minimum absolute atomic E-state index is 0.0201. The minimum atomic E-state index is -3.78. The first-order chi connectivity index (χ1) is 67.7. The van der Waals surface area contributed by atoms with Crippen LogP contribution in [-0.4, -0.2) is 320 Å². The summed E-state index contributed by atoms with van der Waals surface area (Å²) >= 11 is 0. The maximum absolute atomic E-state index is 13.7. The van der Waals surface area contributed by atoms with E-state index >= 15 is 0 Å². The molecule has 33 nitrogen and oxygen atoms in total. The van der Waals surface area contributed by atoms with Crippen LogP contribution in [0.25, 0.3) is 0 Å². The lowest BCUT2D eigenvalue weighted by Gasteiger charge is -2.39. The summed E-state index contributed by atoms with van der Waals surface area (Å²) in [5.41, 5.74) is -7.93. The normalized spacial score (nSPS) is 33.1. The number of ether oxygens (including phenoxy) is 5. The Morgan fingerprint density at radius 3 is 0.892 bits per heavy atom. The molecule has 5 saturated carbocycles. The number of likely N-dealkylation sites (N-methyl/N-ethyl adjacent to an activating group) is 5. The molecule has 6 N–H and O–H groups in total. The molecule has 10 aliphatic rings. The molecule has 6 amide bonds. The number of rotatable bonds is 41. The number of nitrogens with zero attached hydrogens (tertiary/aromatic N) is 5. The third kappa shape index (κ3) is 26.3. The average molecular weight is 2100 g/mol. The van der Waals surface area contributed by atoms with Gasteiger partial charge >= 0.3 is 0 Å². The lowest BCUT2D eigenvalue weighted by atomic mass is 9.71. The van der Waals surface area contributed by atoms with E-state index in [0.717, 1.165) is 6.26 Å². The van der Waals surface area contributed by atoms with Gasteiger partial charge in [0.25, 0.3) is 0 Å². The first kappa shape index (κ1) is 129. The van der Waals surface area contributed by atoms with E-state index < -0.39 is 131 Å². The predicted octanol–water partition coefficient (Wildman–Crippen LogP) is 11.2. The van der Waals surface area contributed by atoms with E-state index in [1.54, 1.807) is 153 Å². The van der Waals surface area contributed by atoms with Crippen LogP contribution in [0.15, 0.2) is 63.3 Å². The smallest absolute Gasteiger partial charge is 0.240 e. The molecule has 0 aromatic heterocycles. The van der Waals surface area contributed by atoms with Gasteiger partial charge in [0, 0.05) is 138 Å². The van der Waals surface area contributed by atoms with Gasteiger partial charge in [0.2, 0.25) is 45.5 Å². The number of likely N-dealkylation sites (tertiary alicyclic amines) is 5. The predicted molar refractivity (Wildman–Crippen MR) is 575 cm³/mol. The molecule has 0 bridgehead atoms. The van der Waals surface area contributed by atoms with Crippen LogP contribution in [0.2, 0.25) is 0 Å². The summed E-state index contributed by atoms with van der Waals surface area (Å²) in [5, 5.41) is 15.5. The van der Waals surface area contributed by atoms with Crippen LogP contribution >= 0.6 is 0 Å². The Bertz CT molecular complexity index is 4980. The Hall–Kier alpha value is -7.90. The zero-order chi connectivity index (χ0) is 114. The van der Waals surface area contributed by atoms with E-state index in [2.05, 4.69) is 59.5 Å². The molecule has 148 heavy (non-hydrogen) atoms. The molecule has 5 aliphatic carbocycles. The SMILES string of the molecule is C=C[C@@H]1C[C@]1(CC(=O)[C@@H]1[C@@H](C)[C@@H](OC)CN1C(=O)[C@@H](NC)C(C)(C)C)C(C)=O.C=C[C@@H]1C[C@]1(CC(=O)[C@@H]1[C@@H](C)[C@@](C)(OC)CN1C(=O)[C@@H](NC)C(C)(C)C)C(=O)NS(C)(=O)=O.C=C[C@@H]1C[C@]1(CC(=O)[C@@H]1[C@H](C)[C@@H](OC)CN1C(=O)[C@@H](NC)C(C)(C)C)C(C)=O.C=C[C@@H]1C[C@]1(CC(=O)[C@H]1N(C(=O)[C@@H](NC)C(C)(C)C)C[C@H](OC)C1(C)C)C(C)=O.C=C[C@@H]1C[C@]1(CC(=O)[C@H]1N(C(=O)[C@@H](NC)C(C)(C)C)C[C@](C)(OC)C1(C)C)C(C)=O. The summed E-state index contributed by atoms with van der Waals surface area (Å²) in [4.78, 5) is 205. The van der Waals surface area contributed by atoms with Crippen molar-refractivity contribution in [2.75, 3.05) is 110 Å². The van der Waals surface area contributed by atoms with Crippen molar-refractivity contribution in [3.63, 3.8) is 0 Å². The monoisotopic (exact) mass is 2100 g/mol. The molecule has 0 aromatic carbocycles.